The lowest BCUT2D eigenvalue weighted by molar-refractivity contribution is -0.133. The normalized spacial score (nSPS) is 14.8. The van der Waals surface area contributed by atoms with Gasteiger partial charge in [0.05, 0.1) is 37.7 Å². The number of nitrogens with one attached hydrogen (secondary N) is 2. The van der Waals surface area contributed by atoms with Crippen molar-refractivity contribution in [2.75, 3.05) is 18.4 Å². The molecule has 8 nitrogen and oxygen atoms in total. The van der Waals surface area contributed by atoms with Crippen LogP contribution in [-0.2, 0) is 13.1 Å². The number of pyridine rings is 1. The first-order valence-electron chi connectivity index (χ1n) is 12.1. The Bertz CT molecular complexity index is 1590. The van der Waals surface area contributed by atoms with Crippen molar-refractivity contribution in [1.29, 1.82) is 0 Å². The Kier molecular flexibility index (Phi) is 6.09. The standard InChI is InChI=1S/C28H24F2N6O2/c29-28(30)17-35(18-28)14-20-7-4-8-21(9-20)22-10-24-25(13-32-26(24)31-11-22)34-27(37)38-23-12-33-36(16-23)15-19-5-2-1-3-6-19/h1-13,16H,14-15,17-18H2,(H,31,32)(H,34,37). The third-order valence-corrected chi connectivity index (χ3v) is 6.35. The lowest BCUT2D eigenvalue weighted by Gasteiger charge is -2.38. The van der Waals surface area contributed by atoms with Crippen LogP contribution in [0.15, 0.2) is 85.5 Å². The third kappa shape index (κ3) is 5.25. The quantitative estimate of drug-likeness (QED) is 0.298. The summed E-state index contributed by atoms with van der Waals surface area (Å²) in [6.07, 6.45) is 5.89. The van der Waals surface area contributed by atoms with Crippen LogP contribution in [0.1, 0.15) is 11.1 Å². The highest BCUT2D eigenvalue weighted by Crippen LogP contribution is 2.31. The van der Waals surface area contributed by atoms with Gasteiger partial charge in [-0.3, -0.25) is 14.9 Å². The van der Waals surface area contributed by atoms with Crippen LogP contribution in [0.25, 0.3) is 22.2 Å². The number of carbonyl (C=O) groups is 1. The number of alkyl halides is 2. The minimum absolute atomic E-state index is 0.215. The van der Waals surface area contributed by atoms with Crippen molar-refractivity contribution in [3.8, 4) is 16.9 Å². The topological polar surface area (TPSA) is 88.1 Å². The third-order valence-electron chi connectivity index (χ3n) is 6.35. The molecule has 1 fully saturated rings. The largest absolute Gasteiger partial charge is 0.417 e. The molecule has 192 valence electrons. The summed E-state index contributed by atoms with van der Waals surface area (Å²) in [7, 11) is 0. The van der Waals surface area contributed by atoms with Gasteiger partial charge < -0.3 is 9.72 Å². The second kappa shape index (κ2) is 9.71. The maximum absolute atomic E-state index is 13.2. The van der Waals surface area contributed by atoms with Crippen molar-refractivity contribution in [2.24, 2.45) is 0 Å². The number of carbonyl (C=O) groups excluding carboxylic acids is 1. The molecule has 6 rings (SSSR count). The number of hydrogen-bond donors (Lipinski definition) is 2. The maximum Gasteiger partial charge on any atom is 0.417 e. The lowest BCUT2D eigenvalue weighted by atomic mass is 10.0. The van der Waals surface area contributed by atoms with E-state index in [4.69, 9.17) is 4.74 Å². The molecule has 0 spiro atoms. The van der Waals surface area contributed by atoms with E-state index in [1.807, 2.05) is 60.7 Å². The number of anilines is 1. The summed E-state index contributed by atoms with van der Waals surface area (Å²) in [6, 6.07) is 19.5. The van der Waals surface area contributed by atoms with Gasteiger partial charge in [-0.05, 0) is 28.8 Å². The van der Waals surface area contributed by atoms with Gasteiger partial charge in [0, 0.05) is 29.9 Å². The zero-order chi connectivity index (χ0) is 26.1. The number of H-pyrrole nitrogens is 1. The van der Waals surface area contributed by atoms with E-state index in [-0.39, 0.29) is 13.1 Å². The zero-order valence-electron chi connectivity index (χ0n) is 20.3. The van der Waals surface area contributed by atoms with Gasteiger partial charge in [-0.1, -0.05) is 48.5 Å². The predicted octanol–water partition coefficient (Wildman–Crippen LogP) is 5.54. The Morgan fingerprint density at radius 2 is 1.82 bits per heavy atom. The molecule has 1 amide bonds. The molecule has 2 N–H and O–H groups in total. The molecule has 1 aliphatic heterocycles. The van der Waals surface area contributed by atoms with E-state index in [2.05, 4.69) is 20.4 Å². The molecule has 1 saturated heterocycles. The van der Waals surface area contributed by atoms with Crippen LogP contribution in [0.2, 0.25) is 0 Å². The number of hydrogen-bond acceptors (Lipinski definition) is 5. The van der Waals surface area contributed by atoms with Crippen LogP contribution in [0, 0.1) is 0 Å². The van der Waals surface area contributed by atoms with E-state index in [1.54, 1.807) is 28.2 Å². The van der Waals surface area contributed by atoms with Crippen LogP contribution < -0.4 is 10.1 Å². The van der Waals surface area contributed by atoms with Crippen molar-refractivity contribution < 1.29 is 18.3 Å². The van der Waals surface area contributed by atoms with Gasteiger partial charge in [0.2, 0.25) is 0 Å². The smallest absolute Gasteiger partial charge is 0.407 e. The molecule has 4 heterocycles. The summed E-state index contributed by atoms with van der Waals surface area (Å²) < 4.78 is 33.5. The first-order valence-corrected chi connectivity index (χ1v) is 12.1. The van der Waals surface area contributed by atoms with E-state index in [1.165, 1.54) is 6.20 Å². The second-order valence-corrected chi connectivity index (χ2v) is 9.40. The number of fused-ring (bicyclic) bond motifs is 1. The van der Waals surface area contributed by atoms with E-state index in [0.29, 0.717) is 35.6 Å². The Morgan fingerprint density at radius 1 is 1.00 bits per heavy atom. The minimum atomic E-state index is -2.59. The highest BCUT2D eigenvalue weighted by atomic mass is 19.3. The fraction of sp³-hybridized carbons (Fsp3) is 0.179. The lowest BCUT2D eigenvalue weighted by Crippen LogP contribution is -2.55. The van der Waals surface area contributed by atoms with Crippen molar-refractivity contribution in [1.82, 2.24) is 24.6 Å². The number of rotatable bonds is 7. The Labute approximate surface area is 216 Å². The average Bonchev–Trinajstić information content (AvgIpc) is 3.50. The number of halogens is 2. The molecule has 0 saturated carbocycles. The summed E-state index contributed by atoms with van der Waals surface area (Å²) >= 11 is 0. The summed E-state index contributed by atoms with van der Waals surface area (Å²) in [5.41, 5.74) is 4.91. The Balaban J connectivity index is 1.14. The molecule has 1 aliphatic rings. The number of aromatic amines is 1. The summed E-state index contributed by atoms with van der Waals surface area (Å²) in [6.45, 7) is 0.596. The minimum Gasteiger partial charge on any atom is -0.407 e. The zero-order valence-corrected chi connectivity index (χ0v) is 20.3. The fourth-order valence-electron chi connectivity index (χ4n) is 4.59. The van der Waals surface area contributed by atoms with Crippen molar-refractivity contribution in [2.45, 2.75) is 19.0 Å². The molecule has 0 radical (unpaired) electrons. The molecule has 0 unspecified atom stereocenters. The van der Waals surface area contributed by atoms with E-state index in [9.17, 15) is 13.6 Å². The van der Waals surface area contributed by atoms with Gasteiger partial charge in [0.25, 0.3) is 5.92 Å². The molecule has 0 aliphatic carbocycles. The predicted molar refractivity (Wildman–Crippen MR) is 139 cm³/mol. The van der Waals surface area contributed by atoms with Crippen molar-refractivity contribution >= 4 is 22.8 Å². The molecule has 3 aromatic heterocycles. The first-order chi connectivity index (χ1) is 18.4. The molecule has 2 aromatic carbocycles. The Morgan fingerprint density at radius 3 is 2.63 bits per heavy atom. The highest BCUT2D eigenvalue weighted by molar-refractivity contribution is 6.00. The van der Waals surface area contributed by atoms with Crippen LogP contribution >= 0.6 is 0 Å². The van der Waals surface area contributed by atoms with Gasteiger partial charge in [-0.15, -0.1) is 0 Å². The molecule has 10 heteroatoms. The number of nitrogens with zero attached hydrogens (tertiary/aromatic N) is 4. The SMILES string of the molecule is O=C(Nc1c[nH]c2ncc(-c3cccc(CN4CC(F)(F)C4)c3)cc12)Oc1cnn(Cc2ccccc2)c1. The summed E-state index contributed by atoms with van der Waals surface area (Å²) in [5, 5.41) is 7.73. The monoisotopic (exact) mass is 514 g/mol. The van der Waals surface area contributed by atoms with Gasteiger partial charge in [0.15, 0.2) is 5.75 Å². The molecule has 0 bridgehead atoms. The fourth-order valence-corrected chi connectivity index (χ4v) is 4.59. The second-order valence-electron chi connectivity index (χ2n) is 9.40. The number of ether oxygens (including phenoxy) is 1. The molecular weight excluding hydrogens is 490 g/mol. The Hall–Kier alpha value is -4.57. The van der Waals surface area contributed by atoms with Gasteiger partial charge in [-0.2, -0.15) is 5.10 Å². The van der Waals surface area contributed by atoms with Crippen molar-refractivity contribution in [3.63, 3.8) is 0 Å². The van der Waals surface area contributed by atoms with Crippen molar-refractivity contribution in [3.05, 3.63) is 96.6 Å². The van der Waals surface area contributed by atoms with Crippen LogP contribution in [0.5, 0.6) is 5.75 Å². The molecule has 5 aromatic rings. The first kappa shape index (κ1) is 23.8. The van der Waals surface area contributed by atoms with Crippen LogP contribution in [0.4, 0.5) is 19.3 Å². The van der Waals surface area contributed by atoms with Gasteiger partial charge in [0.1, 0.15) is 5.65 Å². The number of benzene rings is 2. The summed E-state index contributed by atoms with van der Waals surface area (Å²) in [4.78, 5) is 21.9. The van der Waals surface area contributed by atoms with E-state index < -0.39 is 12.0 Å². The average molecular weight is 515 g/mol. The van der Waals surface area contributed by atoms with Gasteiger partial charge >= 0.3 is 6.09 Å². The summed E-state index contributed by atoms with van der Waals surface area (Å²) in [5.74, 6) is -2.26. The van der Waals surface area contributed by atoms with Crippen LogP contribution in [-0.4, -0.2) is 49.8 Å². The van der Waals surface area contributed by atoms with E-state index in [0.717, 1.165) is 22.3 Å². The molecular formula is C28H24F2N6O2. The molecule has 38 heavy (non-hydrogen) atoms. The molecule has 0 atom stereocenters. The van der Waals surface area contributed by atoms with Crippen LogP contribution in [0.3, 0.4) is 0 Å². The maximum atomic E-state index is 13.2. The highest BCUT2D eigenvalue weighted by Gasteiger charge is 2.43. The van der Waals surface area contributed by atoms with Gasteiger partial charge in [-0.25, -0.2) is 18.6 Å². The van der Waals surface area contributed by atoms with E-state index >= 15 is 0 Å². The number of likely N-dealkylation sites (tertiary alicyclic amines) is 1. The number of amides is 1. The number of aromatic nitrogens is 4.